The number of rotatable bonds is 2. The topological polar surface area (TPSA) is 71.5 Å². The average Bonchev–Trinajstić information content (AvgIpc) is 2.15. The number of oxime groups is 1. The Morgan fingerprint density at radius 1 is 1.38 bits per heavy atom. The summed E-state index contributed by atoms with van der Waals surface area (Å²) in [5.74, 6) is 0.283. The molecule has 3 N–H and O–H groups in total. The number of nitrogens with zero attached hydrogens (tertiary/aromatic N) is 1. The van der Waals surface area contributed by atoms with Gasteiger partial charge in [0.05, 0.1) is 0 Å². The number of benzene rings is 1. The monoisotopic (exact) mass is 177 g/mol. The molecule has 0 aliphatic heterocycles. The first-order chi connectivity index (χ1) is 6.20. The van der Waals surface area contributed by atoms with E-state index in [1.54, 1.807) is 19.1 Å². The molecule has 4 heteroatoms. The molecule has 0 bridgehead atoms. The summed E-state index contributed by atoms with van der Waals surface area (Å²) in [4.78, 5) is 4.74. The van der Waals surface area contributed by atoms with Crippen LogP contribution in [0.4, 0.5) is 0 Å². The van der Waals surface area contributed by atoms with Crippen LogP contribution in [0.1, 0.15) is 12.5 Å². The van der Waals surface area contributed by atoms with Crippen LogP contribution in [0.25, 0.3) is 0 Å². The van der Waals surface area contributed by atoms with Gasteiger partial charge in [0.1, 0.15) is 5.84 Å². The molecule has 0 unspecified atom stereocenters. The third-order valence-electron chi connectivity index (χ3n) is 1.32. The highest BCUT2D eigenvalue weighted by Gasteiger charge is 1.99. The quantitative estimate of drug-likeness (QED) is 0.406. The van der Waals surface area contributed by atoms with Gasteiger partial charge in [-0.25, -0.2) is 0 Å². The Morgan fingerprint density at radius 3 is 2.54 bits per heavy atom. The summed E-state index contributed by atoms with van der Waals surface area (Å²) in [6.07, 6.45) is 0. The summed E-state index contributed by atoms with van der Waals surface area (Å²) in [5.41, 5.74) is 5.92. The van der Waals surface area contributed by atoms with E-state index >= 15 is 0 Å². The van der Waals surface area contributed by atoms with Crippen LogP contribution in [-0.2, 0) is 4.84 Å². The third kappa shape index (κ3) is 2.94. The lowest BCUT2D eigenvalue weighted by Gasteiger charge is -1.99. The van der Waals surface area contributed by atoms with E-state index in [9.17, 15) is 0 Å². The highest BCUT2D eigenvalue weighted by atomic mass is 16.6. The van der Waals surface area contributed by atoms with Gasteiger partial charge in [-0.2, -0.15) is 0 Å². The van der Waals surface area contributed by atoms with Gasteiger partial charge in [-0.1, -0.05) is 23.4 Å². The molecule has 0 fully saturated rings. The van der Waals surface area contributed by atoms with Gasteiger partial charge >= 0.3 is 0 Å². The highest BCUT2D eigenvalue weighted by Crippen LogP contribution is 2.00. The number of amidine groups is 1. The molecule has 0 atom stereocenters. The molecule has 4 nitrogen and oxygen atoms in total. The van der Waals surface area contributed by atoms with Gasteiger partial charge in [0.25, 0.3) is 0 Å². The minimum absolute atomic E-state index is 0.00889. The van der Waals surface area contributed by atoms with Crippen molar-refractivity contribution < 1.29 is 4.84 Å². The standard InChI is InChI=1S/C9H11N3O/c1-7(10)12-13-9(11)8-5-3-2-4-6-8/h2-6,11H,1H3,(H2,10,12). The molecule has 68 valence electrons. The Labute approximate surface area is 76.5 Å². The minimum Gasteiger partial charge on any atom is -0.385 e. The second-order valence-corrected chi connectivity index (χ2v) is 2.52. The van der Waals surface area contributed by atoms with E-state index in [1.807, 2.05) is 18.2 Å². The maximum atomic E-state index is 7.44. The number of hydrogen-bond acceptors (Lipinski definition) is 3. The molecular weight excluding hydrogens is 166 g/mol. The highest BCUT2D eigenvalue weighted by molar-refractivity contribution is 5.92. The van der Waals surface area contributed by atoms with E-state index in [-0.39, 0.29) is 5.90 Å². The van der Waals surface area contributed by atoms with Crippen molar-refractivity contribution >= 4 is 11.7 Å². The maximum absolute atomic E-state index is 7.44. The SMILES string of the molecule is C/C(N)=N/OC(=N)c1ccccc1. The summed E-state index contributed by atoms with van der Waals surface area (Å²) in [6.45, 7) is 1.60. The number of hydrogen-bond donors (Lipinski definition) is 2. The van der Waals surface area contributed by atoms with Crippen molar-refractivity contribution in [3.8, 4) is 0 Å². The summed E-state index contributed by atoms with van der Waals surface area (Å²) < 4.78 is 0. The smallest absolute Gasteiger partial charge is 0.248 e. The normalized spacial score (nSPS) is 11.0. The van der Waals surface area contributed by atoms with Crippen LogP contribution >= 0.6 is 0 Å². The van der Waals surface area contributed by atoms with Crippen LogP contribution in [0.2, 0.25) is 0 Å². The summed E-state index contributed by atoms with van der Waals surface area (Å²) >= 11 is 0. The number of nitrogens with two attached hydrogens (primary N) is 1. The van der Waals surface area contributed by atoms with Gasteiger partial charge < -0.3 is 10.6 Å². The Hall–Kier alpha value is -1.84. The first kappa shape index (κ1) is 9.25. The fourth-order valence-electron chi connectivity index (χ4n) is 0.760. The van der Waals surface area contributed by atoms with Gasteiger partial charge in [-0.15, -0.1) is 0 Å². The van der Waals surface area contributed by atoms with Crippen molar-refractivity contribution in [2.45, 2.75) is 6.92 Å². The first-order valence-electron chi connectivity index (χ1n) is 3.81. The van der Waals surface area contributed by atoms with Crippen LogP contribution in [0.5, 0.6) is 0 Å². The van der Waals surface area contributed by atoms with Gasteiger partial charge in [-0.05, 0) is 19.1 Å². The fourth-order valence-corrected chi connectivity index (χ4v) is 0.760. The molecule has 0 radical (unpaired) electrons. The molecule has 0 aliphatic carbocycles. The molecule has 0 saturated carbocycles. The Kier molecular flexibility index (Phi) is 3.03. The van der Waals surface area contributed by atoms with Crippen molar-refractivity contribution in [3.05, 3.63) is 35.9 Å². The molecule has 13 heavy (non-hydrogen) atoms. The summed E-state index contributed by atoms with van der Waals surface area (Å²) in [6, 6.07) is 9.06. The third-order valence-corrected chi connectivity index (χ3v) is 1.32. The van der Waals surface area contributed by atoms with Crippen LogP contribution in [-0.4, -0.2) is 11.7 Å². The molecule has 0 heterocycles. The molecule has 0 spiro atoms. The number of nitrogens with one attached hydrogen (secondary N) is 1. The summed E-state index contributed by atoms with van der Waals surface area (Å²) in [5, 5.41) is 10.9. The molecular formula is C9H11N3O. The molecule has 1 rings (SSSR count). The van der Waals surface area contributed by atoms with E-state index in [0.717, 1.165) is 0 Å². The first-order valence-corrected chi connectivity index (χ1v) is 3.81. The second kappa shape index (κ2) is 4.25. The lowest BCUT2D eigenvalue weighted by atomic mass is 10.2. The average molecular weight is 177 g/mol. The van der Waals surface area contributed by atoms with Gasteiger partial charge in [0.15, 0.2) is 0 Å². The predicted molar refractivity (Wildman–Crippen MR) is 51.7 cm³/mol. The molecule has 0 aromatic heterocycles. The molecule has 0 aliphatic rings. The van der Waals surface area contributed by atoms with Crippen molar-refractivity contribution in [2.24, 2.45) is 10.9 Å². The van der Waals surface area contributed by atoms with E-state index in [2.05, 4.69) is 5.16 Å². The van der Waals surface area contributed by atoms with Crippen molar-refractivity contribution in [3.63, 3.8) is 0 Å². The zero-order chi connectivity index (χ0) is 9.68. The summed E-state index contributed by atoms with van der Waals surface area (Å²) in [7, 11) is 0. The van der Waals surface area contributed by atoms with Crippen molar-refractivity contribution in [2.75, 3.05) is 0 Å². The lowest BCUT2D eigenvalue weighted by Crippen LogP contribution is -2.09. The molecule has 1 aromatic rings. The molecule has 0 saturated heterocycles. The van der Waals surface area contributed by atoms with E-state index in [1.165, 1.54) is 0 Å². The van der Waals surface area contributed by atoms with Crippen LogP contribution < -0.4 is 5.73 Å². The van der Waals surface area contributed by atoms with E-state index in [4.69, 9.17) is 16.0 Å². The van der Waals surface area contributed by atoms with Gasteiger partial charge in [-0.3, -0.25) is 5.41 Å². The van der Waals surface area contributed by atoms with Crippen molar-refractivity contribution in [1.29, 1.82) is 5.41 Å². The van der Waals surface area contributed by atoms with E-state index < -0.39 is 0 Å². The van der Waals surface area contributed by atoms with Crippen LogP contribution in [0.15, 0.2) is 35.5 Å². The largest absolute Gasteiger partial charge is 0.385 e. The minimum atomic E-state index is -0.00889. The van der Waals surface area contributed by atoms with E-state index in [0.29, 0.717) is 11.4 Å². The molecule has 1 aromatic carbocycles. The van der Waals surface area contributed by atoms with Crippen molar-refractivity contribution in [1.82, 2.24) is 0 Å². The van der Waals surface area contributed by atoms with Crippen LogP contribution in [0.3, 0.4) is 0 Å². The molecule has 0 amide bonds. The Bertz CT molecular complexity index is 315. The second-order valence-electron chi connectivity index (χ2n) is 2.52. The van der Waals surface area contributed by atoms with Crippen LogP contribution in [0, 0.1) is 5.41 Å². The Morgan fingerprint density at radius 2 is 2.00 bits per heavy atom. The lowest BCUT2D eigenvalue weighted by molar-refractivity contribution is 0.325. The fraction of sp³-hybridized carbons (Fsp3) is 0.111. The van der Waals surface area contributed by atoms with Gasteiger partial charge in [0, 0.05) is 5.56 Å². The maximum Gasteiger partial charge on any atom is 0.248 e. The zero-order valence-corrected chi connectivity index (χ0v) is 7.32. The Balaban J connectivity index is 2.65. The predicted octanol–water partition coefficient (Wildman–Crippen LogP) is 1.32. The zero-order valence-electron chi connectivity index (χ0n) is 7.32. The van der Waals surface area contributed by atoms with Gasteiger partial charge in [0.2, 0.25) is 5.90 Å².